The Hall–Kier alpha value is -0.880. The molecule has 0 aromatic heterocycles. The first-order valence-electron chi connectivity index (χ1n) is 4.75. The lowest BCUT2D eigenvalue weighted by Crippen LogP contribution is -2.53. The van der Waals surface area contributed by atoms with Crippen LogP contribution < -0.4 is 10.5 Å². The largest absolute Gasteiger partial charge is 0.317 e. The van der Waals surface area contributed by atoms with Gasteiger partial charge in [-0.2, -0.15) is 0 Å². The molecule has 1 amide bonds. The van der Waals surface area contributed by atoms with Gasteiger partial charge in [0.2, 0.25) is 10.0 Å². The molecule has 0 aliphatic heterocycles. The monoisotopic (exact) mass is 232 g/mol. The van der Waals surface area contributed by atoms with Gasteiger partial charge < -0.3 is 5.73 Å². The second-order valence-electron chi connectivity index (χ2n) is 4.09. The minimum Gasteiger partial charge on any atom is -0.317 e. The molecule has 5 nitrogen and oxygen atoms in total. The number of nitrogens with one attached hydrogen (secondary N) is 1. The fourth-order valence-corrected chi connectivity index (χ4v) is 2.51. The van der Waals surface area contributed by atoms with E-state index >= 15 is 0 Å². The third-order valence-corrected chi connectivity index (χ3v) is 4.10. The van der Waals surface area contributed by atoms with Crippen LogP contribution in [0.3, 0.4) is 0 Å². The highest BCUT2D eigenvalue weighted by Gasteiger charge is 2.39. The molecule has 0 aromatic rings. The summed E-state index contributed by atoms with van der Waals surface area (Å²) in [5, 5.41) is -0.416. The van der Waals surface area contributed by atoms with E-state index in [9.17, 15) is 13.2 Å². The van der Waals surface area contributed by atoms with Crippen LogP contribution in [0.5, 0.6) is 0 Å². The summed E-state index contributed by atoms with van der Waals surface area (Å²) in [6.45, 7) is 4.94. The molecule has 0 heterocycles. The van der Waals surface area contributed by atoms with Crippen LogP contribution >= 0.6 is 0 Å². The van der Waals surface area contributed by atoms with Crippen molar-refractivity contribution in [2.45, 2.75) is 37.0 Å². The summed E-state index contributed by atoms with van der Waals surface area (Å²) in [7, 11) is -3.50. The molecule has 1 saturated carbocycles. The topological polar surface area (TPSA) is 89.3 Å². The van der Waals surface area contributed by atoms with E-state index in [1.807, 2.05) is 4.72 Å². The predicted molar refractivity (Wildman–Crippen MR) is 57.5 cm³/mol. The van der Waals surface area contributed by atoms with Gasteiger partial charge in [0.15, 0.2) is 0 Å². The fourth-order valence-electron chi connectivity index (χ4n) is 1.10. The number of nitrogens with two attached hydrogens (primary N) is 1. The lowest BCUT2D eigenvalue weighted by molar-refractivity contribution is -0.123. The highest BCUT2D eigenvalue weighted by Crippen LogP contribution is 2.27. The summed E-state index contributed by atoms with van der Waals surface area (Å²) in [5.41, 5.74) is 4.43. The first-order valence-corrected chi connectivity index (χ1v) is 6.30. The molecule has 0 aromatic carbocycles. The van der Waals surface area contributed by atoms with E-state index in [4.69, 9.17) is 5.73 Å². The average Bonchev–Trinajstić information content (AvgIpc) is 2.84. The Kier molecular flexibility index (Phi) is 3.20. The standard InChI is InChI=1S/C9H16N2O3S/c1-3-6-9(2,10)8(12)11-15(13,14)7-4-5-7/h3,7H,1,4-6,10H2,2H3,(H,11,12)/t9-/m1/s1. The lowest BCUT2D eigenvalue weighted by atomic mass is 9.99. The average molecular weight is 232 g/mol. The second kappa shape index (κ2) is 3.94. The van der Waals surface area contributed by atoms with Crippen molar-refractivity contribution in [2.75, 3.05) is 0 Å². The third kappa shape index (κ3) is 3.04. The van der Waals surface area contributed by atoms with E-state index in [1.165, 1.54) is 13.0 Å². The van der Waals surface area contributed by atoms with Gasteiger partial charge in [-0.25, -0.2) is 8.42 Å². The van der Waals surface area contributed by atoms with E-state index in [1.54, 1.807) is 0 Å². The SMILES string of the molecule is C=CC[C@@](C)(N)C(=O)NS(=O)(=O)C1CC1. The van der Waals surface area contributed by atoms with E-state index in [0.717, 1.165) is 0 Å². The van der Waals surface area contributed by atoms with Gasteiger partial charge in [-0.05, 0) is 26.2 Å². The molecule has 1 fully saturated rings. The van der Waals surface area contributed by atoms with Crippen molar-refractivity contribution in [3.05, 3.63) is 12.7 Å². The van der Waals surface area contributed by atoms with Crippen LogP contribution in [0, 0.1) is 0 Å². The normalized spacial score (nSPS) is 20.4. The van der Waals surface area contributed by atoms with Crippen LogP contribution in [-0.4, -0.2) is 25.1 Å². The number of sulfonamides is 1. The van der Waals surface area contributed by atoms with Crippen molar-refractivity contribution in [3.63, 3.8) is 0 Å². The van der Waals surface area contributed by atoms with Gasteiger partial charge in [-0.3, -0.25) is 9.52 Å². The molecule has 0 unspecified atom stereocenters. The number of rotatable bonds is 5. The molecule has 1 aliphatic rings. The zero-order valence-corrected chi connectivity index (χ0v) is 9.51. The molecule has 6 heteroatoms. The molecule has 1 rings (SSSR count). The number of hydrogen-bond donors (Lipinski definition) is 2. The number of carbonyl (C=O) groups excluding carboxylic acids is 1. The molecular formula is C9H16N2O3S. The van der Waals surface area contributed by atoms with Gasteiger partial charge >= 0.3 is 0 Å². The van der Waals surface area contributed by atoms with Crippen molar-refractivity contribution in [2.24, 2.45) is 5.73 Å². The summed E-state index contributed by atoms with van der Waals surface area (Å²) >= 11 is 0. The van der Waals surface area contributed by atoms with Gasteiger partial charge in [0.25, 0.3) is 5.91 Å². The summed E-state index contributed by atoms with van der Waals surface area (Å²) in [4.78, 5) is 11.5. The zero-order chi connectivity index (χ0) is 11.7. The van der Waals surface area contributed by atoms with Crippen molar-refractivity contribution in [3.8, 4) is 0 Å². The van der Waals surface area contributed by atoms with Crippen LogP contribution in [-0.2, 0) is 14.8 Å². The van der Waals surface area contributed by atoms with Crippen LogP contribution in [0.2, 0.25) is 0 Å². The van der Waals surface area contributed by atoms with Gasteiger partial charge in [0.05, 0.1) is 10.8 Å². The summed E-state index contributed by atoms with van der Waals surface area (Å²) in [5.74, 6) is -0.672. The Balaban J connectivity index is 2.66. The van der Waals surface area contributed by atoms with Crippen LogP contribution in [0.25, 0.3) is 0 Å². The Morgan fingerprint density at radius 1 is 1.67 bits per heavy atom. The molecule has 0 spiro atoms. The minimum absolute atomic E-state index is 0.235. The number of hydrogen-bond acceptors (Lipinski definition) is 4. The van der Waals surface area contributed by atoms with E-state index < -0.39 is 26.7 Å². The van der Waals surface area contributed by atoms with Crippen LogP contribution in [0.15, 0.2) is 12.7 Å². The minimum atomic E-state index is -3.50. The molecule has 3 N–H and O–H groups in total. The maximum atomic E-state index is 11.5. The predicted octanol–water partition coefficient (Wildman–Crippen LogP) is -0.112. The molecular weight excluding hydrogens is 216 g/mol. The summed E-state index contributed by atoms with van der Waals surface area (Å²) < 4.78 is 24.9. The number of amides is 1. The maximum absolute atomic E-state index is 11.5. The van der Waals surface area contributed by atoms with Crippen LogP contribution in [0.1, 0.15) is 26.2 Å². The van der Waals surface area contributed by atoms with Crippen molar-refractivity contribution >= 4 is 15.9 Å². The van der Waals surface area contributed by atoms with Gasteiger partial charge in [-0.15, -0.1) is 6.58 Å². The van der Waals surface area contributed by atoms with E-state index in [-0.39, 0.29) is 6.42 Å². The van der Waals surface area contributed by atoms with Gasteiger partial charge in [0.1, 0.15) is 0 Å². The van der Waals surface area contributed by atoms with Crippen molar-refractivity contribution in [1.29, 1.82) is 0 Å². The molecule has 0 saturated heterocycles. The third-order valence-electron chi connectivity index (χ3n) is 2.29. The quantitative estimate of drug-likeness (QED) is 0.647. The molecule has 15 heavy (non-hydrogen) atoms. The van der Waals surface area contributed by atoms with Crippen molar-refractivity contribution in [1.82, 2.24) is 4.72 Å². The van der Waals surface area contributed by atoms with Crippen LogP contribution in [0.4, 0.5) is 0 Å². The number of carbonyl (C=O) groups is 1. The highest BCUT2D eigenvalue weighted by molar-refractivity contribution is 7.90. The highest BCUT2D eigenvalue weighted by atomic mass is 32.2. The Labute approximate surface area is 89.8 Å². The second-order valence-corrected chi connectivity index (χ2v) is 6.05. The lowest BCUT2D eigenvalue weighted by Gasteiger charge is -2.21. The molecule has 1 atom stereocenters. The van der Waals surface area contributed by atoms with Crippen molar-refractivity contribution < 1.29 is 13.2 Å². The van der Waals surface area contributed by atoms with Gasteiger partial charge in [0, 0.05) is 0 Å². The van der Waals surface area contributed by atoms with E-state index in [2.05, 4.69) is 6.58 Å². The molecule has 86 valence electrons. The summed E-state index contributed by atoms with van der Waals surface area (Å²) in [6.07, 6.45) is 2.96. The smallest absolute Gasteiger partial charge is 0.253 e. The Morgan fingerprint density at radius 3 is 2.60 bits per heavy atom. The first-order chi connectivity index (χ1) is 6.79. The Bertz CT molecular complexity index is 369. The first kappa shape index (κ1) is 12.2. The van der Waals surface area contributed by atoms with E-state index in [0.29, 0.717) is 12.8 Å². The molecule has 0 radical (unpaired) electrons. The summed E-state index contributed by atoms with van der Waals surface area (Å²) in [6, 6.07) is 0. The Morgan fingerprint density at radius 2 is 2.20 bits per heavy atom. The maximum Gasteiger partial charge on any atom is 0.253 e. The molecule has 0 bridgehead atoms. The fraction of sp³-hybridized carbons (Fsp3) is 0.667. The molecule has 1 aliphatic carbocycles. The van der Waals surface area contributed by atoms with Gasteiger partial charge in [-0.1, -0.05) is 6.08 Å². The zero-order valence-electron chi connectivity index (χ0n) is 8.69.